The number of carbonyl (C=O) groups is 2. The van der Waals surface area contributed by atoms with Crippen LogP contribution in [0.25, 0.3) is 0 Å². The zero-order valence-electron chi connectivity index (χ0n) is 13.7. The number of hydrogen-bond acceptors (Lipinski definition) is 3. The van der Waals surface area contributed by atoms with Gasteiger partial charge in [0.1, 0.15) is 5.75 Å². The summed E-state index contributed by atoms with van der Waals surface area (Å²) in [6.07, 6.45) is 0. The summed E-state index contributed by atoms with van der Waals surface area (Å²) in [7, 11) is 1.51. The van der Waals surface area contributed by atoms with E-state index in [1.165, 1.54) is 7.11 Å². The van der Waals surface area contributed by atoms with Crippen LogP contribution >= 0.6 is 15.9 Å². The van der Waals surface area contributed by atoms with Gasteiger partial charge in [-0.2, -0.15) is 0 Å². The van der Waals surface area contributed by atoms with Gasteiger partial charge in [0.2, 0.25) is 5.91 Å². The van der Waals surface area contributed by atoms with Crippen LogP contribution in [-0.4, -0.2) is 18.9 Å². The summed E-state index contributed by atoms with van der Waals surface area (Å²) in [4.78, 5) is 24.2. The van der Waals surface area contributed by atoms with Crippen LogP contribution in [0, 0.1) is 5.92 Å². The Morgan fingerprint density at radius 2 is 1.79 bits per heavy atom. The molecule has 0 saturated heterocycles. The normalized spacial score (nSPS) is 10.4. The third-order valence-electron chi connectivity index (χ3n) is 3.36. The molecule has 0 aliphatic rings. The summed E-state index contributed by atoms with van der Waals surface area (Å²) < 4.78 is 6.02. The van der Waals surface area contributed by atoms with E-state index in [2.05, 4.69) is 26.6 Å². The van der Waals surface area contributed by atoms with Crippen LogP contribution in [0.5, 0.6) is 5.75 Å². The van der Waals surface area contributed by atoms with Crippen molar-refractivity contribution >= 4 is 39.1 Å². The van der Waals surface area contributed by atoms with Crippen molar-refractivity contribution < 1.29 is 14.3 Å². The van der Waals surface area contributed by atoms with Gasteiger partial charge in [0, 0.05) is 22.1 Å². The predicted octanol–water partition coefficient (Wildman–Crippen LogP) is 4.30. The summed E-state index contributed by atoms with van der Waals surface area (Å²) in [5.74, 6) is 0.0141. The highest BCUT2D eigenvalue weighted by Gasteiger charge is 2.13. The van der Waals surface area contributed by atoms with Crippen LogP contribution in [0.1, 0.15) is 24.2 Å². The fourth-order valence-corrected chi connectivity index (χ4v) is 2.46. The third kappa shape index (κ3) is 4.35. The molecule has 0 radical (unpaired) electrons. The molecular formula is C18H19BrN2O3. The number of carbonyl (C=O) groups excluding carboxylic acids is 2. The van der Waals surface area contributed by atoms with Gasteiger partial charge in [-0.05, 0) is 40.2 Å². The Hall–Kier alpha value is -2.34. The molecule has 126 valence electrons. The SMILES string of the molecule is COc1cc(NC(=O)c2ccccc2Br)ccc1NC(=O)C(C)C. The fraction of sp³-hybridized carbons (Fsp3) is 0.222. The zero-order valence-corrected chi connectivity index (χ0v) is 15.3. The van der Waals surface area contributed by atoms with Crippen molar-refractivity contribution in [1.29, 1.82) is 0 Å². The topological polar surface area (TPSA) is 67.4 Å². The van der Waals surface area contributed by atoms with E-state index in [1.54, 1.807) is 36.4 Å². The Morgan fingerprint density at radius 1 is 1.08 bits per heavy atom. The molecule has 2 N–H and O–H groups in total. The van der Waals surface area contributed by atoms with E-state index in [-0.39, 0.29) is 17.7 Å². The molecule has 0 spiro atoms. The number of halogens is 1. The maximum absolute atomic E-state index is 12.3. The highest BCUT2D eigenvalue weighted by Crippen LogP contribution is 2.29. The third-order valence-corrected chi connectivity index (χ3v) is 4.05. The van der Waals surface area contributed by atoms with Gasteiger partial charge in [0.05, 0.1) is 18.4 Å². The molecule has 0 bridgehead atoms. The molecule has 0 atom stereocenters. The van der Waals surface area contributed by atoms with E-state index in [1.807, 2.05) is 19.9 Å². The van der Waals surface area contributed by atoms with Gasteiger partial charge in [-0.1, -0.05) is 26.0 Å². The number of rotatable bonds is 5. The van der Waals surface area contributed by atoms with Gasteiger partial charge in [-0.25, -0.2) is 0 Å². The smallest absolute Gasteiger partial charge is 0.256 e. The summed E-state index contributed by atoms with van der Waals surface area (Å²) >= 11 is 3.36. The highest BCUT2D eigenvalue weighted by molar-refractivity contribution is 9.10. The number of benzene rings is 2. The van der Waals surface area contributed by atoms with Gasteiger partial charge < -0.3 is 15.4 Å². The number of methoxy groups -OCH3 is 1. The highest BCUT2D eigenvalue weighted by atomic mass is 79.9. The summed E-state index contributed by atoms with van der Waals surface area (Å²) in [5, 5.41) is 5.61. The zero-order chi connectivity index (χ0) is 17.7. The van der Waals surface area contributed by atoms with Gasteiger partial charge >= 0.3 is 0 Å². The van der Waals surface area contributed by atoms with Crippen molar-refractivity contribution in [3.05, 3.63) is 52.5 Å². The predicted molar refractivity (Wildman–Crippen MR) is 98.6 cm³/mol. The average molecular weight is 391 g/mol. The van der Waals surface area contributed by atoms with Crippen LogP contribution in [0.4, 0.5) is 11.4 Å². The summed E-state index contributed by atoms with van der Waals surface area (Å²) in [5.41, 5.74) is 1.68. The Morgan fingerprint density at radius 3 is 2.42 bits per heavy atom. The van der Waals surface area contributed by atoms with Crippen molar-refractivity contribution in [3.63, 3.8) is 0 Å². The van der Waals surface area contributed by atoms with Gasteiger partial charge in [0.15, 0.2) is 0 Å². The minimum atomic E-state index is -0.233. The molecule has 2 rings (SSSR count). The summed E-state index contributed by atoms with van der Waals surface area (Å²) in [6.45, 7) is 3.63. The number of anilines is 2. The Balaban J connectivity index is 2.19. The molecule has 5 nitrogen and oxygen atoms in total. The molecule has 2 aromatic rings. The van der Waals surface area contributed by atoms with Gasteiger partial charge in [0.25, 0.3) is 5.91 Å². The van der Waals surface area contributed by atoms with Gasteiger partial charge in [-0.15, -0.1) is 0 Å². The second-order valence-corrected chi connectivity index (χ2v) is 6.35. The molecule has 0 unspecified atom stereocenters. The Kier molecular flexibility index (Phi) is 5.98. The molecule has 24 heavy (non-hydrogen) atoms. The second kappa shape index (κ2) is 7.97. The summed E-state index contributed by atoms with van der Waals surface area (Å²) in [6, 6.07) is 12.3. The molecular weight excluding hydrogens is 372 g/mol. The lowest BCUT2D eigenvalue weighted by Crippen LogP contribution is -2.18. The first-order valence-corrected chi connectivity index (χ1v) is 8.26. The van der Waals surface area contributed by atoms with Crippen molar-refractivity contribution in [2.24, 2.45) is 5.92 Å². The van der Waals surface area contributed by atoms with Gasteiger partial charge in [-0.3, -0.25) is 9.59 Å². The lowest BCUT2D eigenvalue weighted by atomic mass is 10.2. The molecule has 0 fully saturated rings. The molecule has 6 heteroatoms. The molecule has 0 aromatic heterocycles. The molecule has 0 saturated carbocycles. The van der Waals surface area contributed by atoms with Crippen LogP contribution in [-0.2, 0) is 4.79 Å². The quantitative estimate of drug-likeness (QED) is 0.799. The fourth-order valence-electron chi connectivity index (χ4n) is 1.99. The van der Waals surface area contributed by atoms with E-state index in [4.69, 9.17) is 4.74 Å². The number of amides is 2. The first-order valence-electron chi connectivity index (χ1n) is 7.47. The minimum Gasteiger partial charge on any atom is -0.494 e. The van der Waals surface area contributed by atoms with Crippen LogP contribution in [0.15, 0.2) is 46.9 Å². The van der Waals surface area contributed by atoms with Crippen LogP contribution < -0.4 is 15.4 Å². The maximum Gasteiger partial charge on any atom is 0.256 e. The van der Waals surface area contributed by atoms with Crippen molar-refractivity contribution in [3.8, 4) is 5.75 Å². The standard InChI is InChI=1S/C18H19BrN2O3/c1-11(2)17(22)21-15-9-8-12(10-16(15)24-3)20-18(23)13-6-4-5-7-14(13)19/h4-11H,1-3H3,(H,20,23)(H,21,22). The van der Waals surface area contributed by atoms with E-state index in [0.29, 0.717) is 22.7 Å². The first kappa shape index (κ1) is 18.0. The largest absolute Gasteiger partial charge is 0.494 e. The number of hydrogen-bond donors (Lipinski definition) is 2. The first-order chi connectivity index (χ1) is 11.4. The molecule has 0 aliphatic carbocycles. The Bertz CT molecular complexity index is 760. The maximum atomic E-state index is 12.3. The number of ether oxygens (including phenoxy) is 1. The molecule has 2 aromatic carbocycles. The lowest BCUT2D eigenvalue weighted by molar-refractivity contribution is -0.118. The minimum absolute atomic E-state index is 0.0988. The van der Waals surface area contributed by atoms with Crippen LogP contribution in [0.3, 0.4) is 0 Å². The van der Waals surface area contributed by atoms with E-state index >= 15 is 0 Å². The van der Waals surface area contributed by atoms with E-state index in [0.717, 1.165) is 4.47 Å². The molecule has 2 amide bonds. The van der Waals surface area contributed by atoms with Crippen LogP contribution in [0.2, 0.25) is 0 Å². The average Bonchev–Trinajstić information content (AvgIpc) is 2.56. The van der Waals surface area contributed by atoms with E-state index < -0.39 is 0 Å². The van der Waals surface area contributed by atoms with Crippen molar-refractivity contribution in [1.82, 2.24) is 0 Å². The van der Waals surface area contributed by atoms with Crippen molar-refractivity contribution in [2.45, 2.75) is 13.8 Å². The van der Waals surface area contributed by atoms with E-state index in [9.17, 15) is 9.59 Å². The molecule has 0 aliphatic heterocycles. The lowest BCUT2D eigenvalue weighted by Gasteiger charge is -2.14. The monoisotopic (exact) mass is 390 g/mol. The number of nitrogens with one attached hydrogen (secondary N) is 2. The Labute approximate surface area is 149 Å². The molecule has 0 heterocycles. The van der Waals surface area contributed by atoms with Crippen molar-refractivity contribution in [2.75, 3.05) is 17.7 Å². The second-order valence-electron chi connectivity index (χ2n) is 5.49.